The molecule has 0 aliphatic rings. The van der Waals surface area contributed by atoms with E-state index < -0.39 is 15.6 Å². The first kappa shape index (κ1) is 17.1. The number of hydrogen-bond acceptors (Lipinski definition) is 5. The van der Waals surface area contributed by atoms with Crippen LogP contribution in [0, 0.1) is 0 Å². The van der Waals surface area contributed by atoms with Crippen molar-refractivity contribution >= 4 is 27.3 Å². The van der Waals surface area contributed by atoms with E-state index in [1.807, 2.05) is 6.92 Å². The summed E-state index contributed by atoms with van der Waals surface area (Å²) in [6, 6.07) is 3.20. The van der Waals surface area contributed by atoms with Gasteiger partial charge in [0.05, 0.1) is 12.1 Å². The van der Waals surface area contributed by atoms with Crippen LogP contribution in [-0.2, 0) is 21.4 Å². The molecule has 1 atom stereocenters. The van der Waals surface area contributed by atoms with Gasteiger partial charge in [-0.15, -0.1) is 11.3 Å². The van der Waals surface area contributed by atoms with Gasteiger partial charge in [0.1, 0.15) is 4.21 Å². The Bertz CT molecular complexity index is 564. The van der Waals surface area contributed by atoms with E-state index in [-0.39, 0.29) is 16.7 Å². The number of hydrogen-bond donors (Lipinski definition) is 3. The fourth-order valence-electron chi connectivity index (χ4n) is 1.70. The third-order valence-electron chi connectivity index (χ3n) is 2.88. The Morgan fingerprint density at radius 1 is 1.45 bits per heavy atom. The highest BCUT2D eigenvalue weighted by molar-refractivity contribution is 7.91. The topological polar surface area (TPSA) is 101 Å². The number of amides is 1. The van der Waals surface area contributed by atoms with Gasteiger partial charge in [0.15, 0.2) is 0 Å². The van der Waals surface area contributed by atoms with E-state index in [0.717, 1.165) is 22.6 Å². The molecule has 6 nitrogen and oxygen atoms in total. The second-order valence-corrected chi connectivity index (χ2v) is 8.06. The summed E-state index contributed by atoms with van der Waals surface area (Å²) in [6.45, 7) is 3.93. The first-order chi connectivity index (χ1) is 9.23. The Balaban J connectivity index is 2.66. The molecule has 0 saturated carbocycles. The zero-order chi connectivity index (χ0) is 15.4. The third-order valence-corrected chi connectivity index (χ3v) is 5.87. The molecule has 0 spiro atoms. The maximum Gasteiger partial charge on any atom is 0.249 e. The van der Waals surface area contributed by atoms with E-state index in [9.17, 15) is 13.2 Å². The van der Waals surface area contributed by atoms with E-state index in [4.69, 9.17) is 5.73 Å². The number of nitrogens with two attached hydrogens (primary N) is 1. The maximum atomic E-state index is 11.9. The van der Waals surface area contributed by atoms with Crippen molar-refractivity contribution in [2.24, 2.45) is 5.73 Å². The van der Waals surface area contributed by atoms with Crippen LogP contribution in [0.15, 0.2) is 16.3 Å². The zero-order valence-corrected chi connectivity index (χ0v) is 13.5. The minimum absolute atomic E-state index is 0.230. The summed E-state index contributed by atoms with van der Waals surface area (Å²) in [5, 5.41) is 2.74. The molecule has 1 heterocycles. The van der Waals surface area contributed by atoms with Gasteiger partial charge in [-0.2, -0.15) is 0 Å². The molecular weight excluding hydrogens is 298 g/mol. The number of thiophene rings is 1. The molecule has 8 heteroatoms. The van der Waals surface area contributed by atoms with Gasteiger partial charge >= 0.3 is 0 Å². The maximum absolute atomic E-state index is 11.9. The Morgan fingerprint density at radius 2 is 2.10 bits per heavy atom. The van der Waals surface area contributed by atoms with Crippen molar-refractivity contribution in [1.29, 1.82) is 0 Å². The van der Waals surface area contributed by atoms with Crippen LogP contribution >= 0.6 is 11.3 Å². The van der Waals surface area contributed by atoms with Gasteiger partial charge in [0.25, 0.3) is 0 Å². The van der Waals surface area contributed by atoms with Gasteiger partial charge in [0.2, 0.25) is 15.9 Å². The van der Waals surface area contributed by atoms with Crippen molar-refractivity contribution in [2.75, 3.05) is 7.05 Å². The van der Waals surface area contributed by atoms with E-state index in [0.29, 0.717) is 6.42 Å². The lowest BCUT2D eigenvalue weighted by atomic mass is 9.96. The first-order valence-electron chi connectivity index (χ1n) is 6.32. The predicted molar refractivity (Wildman–Crippen MR) is 79.9 cm³/mol. The monoisotopic (exact) mass is 319 g/mol. The fraction of sp³-hybridized carbons (Fsp3) is 0.583. The van der Waals surface area contributed by atoms with Gasteiger partial charge in [-0.3, -0.25) is 4.79 Å². The quantitative estimate of drug-likeness (QED) is 0.691. The molecule has 1 rings (SSSR count). The van der Waals surface area contributed by atoms with Gasteiger partial charge in [-0.1, -0.05) is 13.3 Å². The van der Waals surface area contributed by atoms with E-state index >= 15 is 0 Å². The van der Waals surface area contributed by atoms with Crippen molar-refractivity contribution in [2.45, 2.75) is 43.0 Å². The molecule has 4 N–H and O–H groups in total. The van der Waals surface area contributed by atoms with Crippen LogP contribution < -0.4 is 15.8 Å². The Hall–Kier alpha value is -0.960. The number of nitrogens with one attached hydrogen (secondary N) is 2. The summed E-state index contributed by atoms with van der Waals surface area (Å²) < 4.78 is 25.7. The number of carbonyl (C=O) groups excluding carboxylic acids is 1. The van der Waals surface area contributed by atoms with Crippen molar-refractivity contribution in [3.8, 4) is 0 Å². The minimum Gasteiger partial charge on any atom is -0.350 e. The molecule has 0 radical (unpaired) electrons. The summed E-state index contributed by atoms with van der Waals surface area (Å²) in [4.78, 5) is 12.7. The first-order valence-corrected chi connectivity index (χ1v) is 8.62. The zero-order valence-electron chi connectivity index (χ0n) is 11.9. The lowest BCUT2D eigenvalue weighted by Crippen LogP contribution is -2.51. The molecule has 1 amide bonds. The van der Waals surface area contributed by atoms with Crippen LogP contribution in [0.4, 0.5) is 0 Å². The fourth-order valence-corrected chi connectivity index (χ4v) is 3.83. The lowest BCUT2D eigenvalue weighted by molar-refractivity contribution is -0.126. The van der Waals surface area contributed by atoms with Gasteiger partial charge < -0.3 is 11.1 Å². The third kappa shape index (κ3) is 4.27. The van der Waals surface area contributed by atoms with Gasteiger partial charge in [-0.25, -0.2) is 13.1 Å². The molecular formula is C12H21N3O3S2. The molecule has 1 unspecified atom stereocenters. The van der Waals surface area contributed by atoms with Crippen molar-refractivity contribution in [3.63, 3.8) is 0 Å². The Morgan fingerprint density at radius 3 is 2.65 bits per heavy atom. The van der Waals surface area contributed by atoms with E-state index in [1.165, 1.54) is 13.1 Å². The van der Waals surface area contributed by atoms with Crippen LogP contribution in [0.1, 0.15) is 31.6 Å². The van der Waals surface area contributed by atoms with Gasteiger partial charge in [-0.05, 0) is 32.5 Å². The average molecular weight is 319 g/mol. The Kier molecular flexibility index (Phi) is 5.69. The van der Waals surface area contributed by atoms with Crippen molar-refractivity contribution in [3.05, 3.63) is 17.0 Å². The molecule has 114 valence electrons. The lowest BCUT2D eigenvalue weighted by Gasteiger charge is -2.22. The molecule has 0 aromatic carbocycles. The van der Waals surface area contributed by atoms with E-state index in [1.54, 1.807) is 13.0 Å². The largest absolute Gasteiger partial charge is 0.350 e. The van der Waals surface area contributed by atoms with Crippen LogP contribution in [0.5, 0.6) is 0 Å². The predicted octanol–water partition coefficient (Wildman–Crippen LogP) is 0.790. The highest BCUT2D eigenvalue weighted by atomic mass is 32.2. The average Bonchev–Trinajstić information content (AvgIpc) is 2.85. The summed E-state index contributed by atoms with van der Waals surface area (Å²) in [7, 11) is -2.06. The summed E-state index contributed by atoms with van der Waals surface area (Å²) in [5.41, 5.74) is 5.02. The Labute approximate surface area is 123 Å². The molecule has 1 aromatic rings. The molecule has 0 bridgehead atoms. The SMILES string of the molecule is CCCC(C)(N)C(=O)NCc1ccc(S(=O)(=O)NC)s1. The standard InChI is InChI=1S/C12H21N3O3S2/c1-4-7-12(2,13)11(16)15-8-9-5-6-10(19-9)20(17,18)14-3/h5-6,14H,4,7-8,13H2,1-3H3,(H,15,16). The van der Waals surface area contributed by atoms with Crippen LogP contribution in [0.2, 0.25) is 0 Å². The molecule has 1 aromatic heterocycles. The van der Waals surface area contributed by atoms with Crippen LogP contribution in [0.3, 0.4) is 0 Å². The molecule has 0 aliphatic carbocycles. The highest BCUT2D eigenvalue weighted by Gasteiger charge is 2.26. The normalized spacial score (nSPS) is 14.8. The molecule has 0 fully saturated rings. The van der Waals surface area contributed by atoms with Crippen molar-refractivity contribution < 1.29 is 13.2 Å². The summed E-state index contributed by atoms with van der Waals surface area (Å²) in [5.74, 6) is -0.231. The number of rotatable bonds is 7. The molecule has 0 saturated heterocycles. The number of carbonyl (C=O) groups is 1. The molecule has 0 aliphatic heterocycles. The van der Waals surface area contributed by atoms with Crippen LogP contribution in [-0.4, -0.2) is 26.9 Å². The highest BCUT2D eigenvalue weighted by Crippen LogP contribution is 2.21. The minimum atomic E-state index is -3.42. The second-order valence-electron chi connectivity index (χ2n) is 4.78. The summed E-state index contributed by atoms with van der Waals surface area (Å²) >= 11 is 1.12. The summed E-state index contributed by atoms with van der Waals surface area (Å²) in [6.07, 6.45) is 1.42. The van der Waals surface area contributed by atoms with Gasteiger partial charge in [0, 0.05) is 4.88 Å². The smallest absolute Gasteiger partial charge is 0.249 e. The van der Waals surface area contributed by atoms with E-state index in [2.05, 4.69) is 10.0 Å². The van der Waals surface area contributed by atoms with Crippen molar-refractivity contribution in [1.82, 2.24) is 10.0 Å². The second kappa shape index (κ2) is 6.66. The molecule has 20 heavy (non-hydrogen) atoms. The van der Waals surface area contributed by atoms with Crippen LogP contribution in [0.25, 0.3) is 0 Å². The number of sulfonamides is 1.